The van der Waals surface area contributed by atoms with Crippen molar-refractivity contribution in [2.75, 3.05) is 13.2 Å². The summed E-state index contributed by atoms with van der Waals surface area (Å²) in [5.74, 6) is -0.202. The van der Waals surface area contributed by atoms with Gasteiger partial charge in [-0.05, 0) is 48.2 Å². The number of nitrogens with one attached hydrogen (secondary N) is 3. The lowest BCUT2D eigenvalue weighted by Crippen LogP contribution is -2.35. The number of aromatic amines is 1. The van der Waals surface area contributed by atoms with Crippen LogP contribution in [0, 0.1) is 0 Å². The van der Waals surface area contributed by atoms with Gasteiger partial charge >= 0.3 is 0 Å². The molecule has 2 amide bonds. The third-order valence-corrected chi connectivity index (χ3v) is 4.47. The van der Waals surface area contributed by atoms with Crippen molar-refractivity contribution < 1.29 is 14.3 Å². The monoisotopic (exact) mass is 420 g/mol. The summed E-state index contributed by atoms with van der Waals surface area (Å²) in [4.78, 5) is 38.9. The number of pyridine rings is 1. The largest absolute Gasteiger partial charge is 0.494 e. The Labute approximate surface area is 179 Å². The molecule has 1 aromatic heterocycles. The molecule has 0 spiro atoms. The number of rotatable bonds is 9. The van der Waals surface area contributed by atoms with Crippen LogP contribution in [0.3, 0.4) is 0 Å². The molecular weight excluding hydrogens is 396 g/mol. The highest BCUT2D eigenvalue weighted by atomic mass is 16.5. The maximum absolute atomic E-state index is 12.2. The molecule has 0 bridgehead atoms. The fourth-order valence-corrected chi connectivity index (χ4v) is 2.77. The van der Waals surface area contributed by atoms with Gasteiger partial charge in [-0.3, -0.25) is 14.4 Å². The predicted octanol–water partition coefficient (Wildman–Crippen LogP) is 2.59. The summed E-state index contributed by atoms with van der Waals surface area (Å²) >= 11 is 0. The van der Waals surface area contributed by atoms with E-state index in [1.807, 2.05) is 18.2 Å². The molecule has 0 aliphatic heterocycles. The lowest BCUT2D eigenvalue weighted by molar-refractivity contribution is -0.120. The first-order valence-corrected chi connectivity index (χ1v) is 10.0. The molecule has 2 aromatic carbocycles. The lowest BCUT2D eigenvalue weighted by Gasteiger charge is -2.07. The molecule has 0 fully saturated rings. The first kappa shape index (κ1) is 21.8. The number of H-pyrrole nitrogens is 1. The van der Waals surface area contributed by atoms with Crippen LogP contribution in [-0.4, -0.2) is 36.2 Å². The lowest BCUT2D eigenvalue weighted by atomic mass is 10.2. The minimum atomic E-state index is -0.513. The van der Waals surface area contributed by atoms with Crippen LogP contribution in [0.4, 0.5) is 0 Å². The number of benzene rings is 2. The number of nitrogens with zero attached hydrogens (tertiary/aromatic N) is 1. The maximum Gasteiger partial charge on any atom is 0.259 e. The first-order chi connectivity index (χ1) is 15.1. The van der Waals surface area contributed by atoms with Crippen molar-refractivity contribution >= 4 is 28.9 Å². The van der Waals surface area contributed by atoms with Crippen molar-refractivity contribution in [2.45, 2.75) is 19.8 Å². The molecule has 3 aromatic rings. The molecule has 3 N–H and O–H groups in total. The molecule has 3 rings (SSSR count). The second-order valence-electron chi connectivity index (χ2n) is 6.84. The summed E-state index contributed by atoms with van der Waals surface area (Å²) in [5.41, 5.74) is 3.43. The quantitative estimate of drug-likeness (QED) is 0.281. The van der Waals surface area contributed by atoms with Crippen LogP contribution in [-0.2, 0) is 4.79 Å². The van der Waals surface area contributed by atoms with Crippen LogP contribution >= 0.6 is 0 Å². The first-order valence-electron chi connectivity index (χ1n) is 10.0. The van der Waals surface area contributed by atoms with E-state index in [0.717, 1.165) is 23.7 Å². The molecule has 1 heterocycles. The highest BCUT2D eigenvalue weighted by Crippen LogP contribution is 2.12. The summed E-state index contributed by atoms with van der Waals surface area (Å²) in [6, 6.07) is 15.7. The van der Waals surface area contributed by atoms with Gasteiger partial charge in [-0.2, -0.15) is 5.10 Å². The van der Waals surface area contributed by atoms with Gasteiger partial charge in [-0.25, -0.2) is 5.43 Å². The van der Waals surface area contributed by atoms with Crippen molar-refractivity contribution in [3.05, 3.63) is 76.1 Å². The fourth-order valence-electron chi connectivity index (χ4n) is 2.77. The summed E-state index contributed by atoms with van der Waals surface area (Å²) in [5, 5.41) is 7.17. The summed E-state index contributed by atoms with van der Waals surface area (Å²) in [6.45, 7) is 2.47. The zero-order valence-electron chi connectivity index (χ0n) is 17.2. The Bertz CT molecular complexity index is 1140. The van der Waals surface area contributed by atoms with Crippen molar-refractivity contribution in [1.29, 1.82) is 0 Å². The van der Waals surface area contributed by atoms with Gasteiger partial charge < -0.3 is 15.0 Å². The molecular formula is C23H24N4O4. The zero-order chi connectivity index (χ0) is 22.1. The van der Waals surface area contributed by atoms with Crippen molar-refractivity contribution in [2.24, 2.45) is 5.10 Å². The second-order valence-corrected chi connectivity index (χ2v) is 6.84. The number of unbranched alkanes of at least 4 members (excludes halogenated alkanes) is 1. The number of hydrazone groups is 1. The van der Waals surface area contributed by atoms with Crippen molar-refractivity contribution in [1.82, 2.24) is 15.7 Å². The van der Waals surface area contributed by atoms with E-state index >= 15 is 0 Å². The Morgan fingerprint density at radius 2 is 1.90 bits per heavy atom. The smallest absolute Gasteiger partial charge is 0.259 e. The Balaban J connectivity index is 1.48. The molecule has 0 aliphatic carbocycles. The van der Waals surface area contributed by atoms with E-state index in [-0.39, 0.29) is 18.0 Å². The van der Waals surface area contributed by atoms with Gasteiger partial charge in [0, 0.05) is 11.1 Å². The highest BCUT2D eigenvalue weighted by molar-refractivity contribution is 5.96. The van der Waals surface area contributed by atoms with Gasteiger partial charge in [0.1, 0.15) is 5.75 Å². The van der Waals surface area contributed by atoms with E-state index < -0.39 is 5.91 Å². The number of para-hydroxylation sites is 1. The molecule has 0 atom stereocenters. The minimum absolute atomic E-state index is 0.251. The number of ether oxygens (including phenoxy) is 1. The molecule has 160 valence electrons. The fraction of sp³-hybridized carbons (Fsp3) is 0.217. The number of amides is 2. The van der Waals surface area contributed by atoms with Crippen molar-refractivity contribution in [3.63, 3.8) is 0 Å². The van der Waals surface area contributed by atoms with Crippen LogP contribution in [0.25, 0.3) is 10.9 Å². The average Bonchev–Trinajstić information content (AvgIpc) is 2.78. The number of carbonyl (C=O) groups excluding carboxylic acids is 2. The van der Waals surface area contributed by atoms with E-state index in [4.69, 9.17) is 4.74 Å². The normalized spacial score (nSPS) is 10.9. The van der Waals surface area contributed by atoms with Gasteiger partial charge in [-0.1, -0.05) is 31.5 Å². The third kappa shape index (κ3) is 6.27. The van der Waals surface area contributed by atoms with Crippen LogP contribution in [0.1, 0.15) is 35.7 Å². The number of fused-ring (bicyclic) bond motifs is 1. The van der Waals surface area contributed by atoms with E-state index in [1.165, 1.54) is 6.21 Å². The Kier molecular flexibility index (Phi) is 7.53. The molecule has 0 aliphatic rings. The van der Waals surface area contributed by atoms with Gasteiger partial charge in [0.2, 0.25) is 0 Å². The molecule has 31 heavy (non-hydrogen) atoms. The van der Waals surface area contributed by atoms with E-state index in [2.05, 4.69) is 27.8 Å². The van der Waals surface area contributed by atoms with Crippen LogP contribution in [0.2, 0.25) is 0 Å². The molecule has 0 saturated carbocycles. The molecule has 0 unspecified atom stereocenters. The van der Waals surface area contributed by atoms with Crippen LogP contribution in [0.5, 0.6) is 5.75 Å². The number of aromatic nitrogens is 1. The summed E-state index contributed by atoms with van der Waals surface area (Å²) in [7, 11) is 0. The van der Waals surface area contributed by atoms with Gasteiger partial charge in [-0.15, -0.1) is 0 Å². The topological polar surface area (TPSA) is 113 Å². The SMILES string of the molecule is CCCCOc1ccc(C(=O)NCC(=O)N/N=C\c2cc3ccccc3[nH]c2=O)cc1. The predicted molar refractivity (Wildman–Crippen MR) is 119 cm³/mol. The van der Waals surface area contributed by atoms with Crippen molar-refractivity contribution in [3.8, 4) is 5.75 Å². The Hall–Kier alpha value is -3.94. The van der Waals surface area contributed by atoms with Gasteiger partial charge in [0.15, 0.2) is 0 Å². The maximum atomic E-state index is 12.2. The highest BCUT2D eigenvalue weighted by Gasteiger charge is 2.08. The Morgan fingerprint density at radius 1 is 1.13 bits per heavy atom. The van der Waals surface area contributed by atoms with Gasteiger partial charge in [0.05, 0.1) is 24.9 Å². The number of carbonyl (C=O) groups is 2. The summed E-state index contributed by atoms with van der Waals surface area (Å²) in [6.07, 6.45) is 3.28. The molecule has 0 radical (unpaired) electrons. The number of hydrogen-bond donors (Lipinski definition) is 3. The molecule has 8 nitrogen and oxygen atoms in total. The minimum Gasteiger partial charge on any atom is -0.494 e. The van der Waals surface area contributed by atoms with E-state index in [9.17, 15) is 14.4 Å². The third-order valence-electron chi connectivity index (χ3n) is 4.47. The van der Waals surface area contributed by atoms with E-state index in [1.54, 1.807) is 36.4 Å². The Morgan fingerprint density at radius 3 is 2.68 bits per heavy atom. The van der Waals surface area contributed by atoms with Crippen LogP contribution in [0.15, 0.2) is 64.5 Å². The average molecular weight is 420 g/mol. The standard InChI is InChI=1S/C23H24N4O4/c1-2-3-12-31-19-10-8-16(9-11-19)22(29)24-15-21(28)27-25-14-18-13-17-6-4-5-7-20(17)26-23(18)30/h4-11,13-14H,2-3,12,15H2,1H3,(H,24,29)(H,26,30)(H,27,28)/b25-14-. The zero-order valence-corrected chi connectivity index (χ0v) is 17.2. The second kappa shape index (κ2) is 10.7. The van der Waals surface area contributed by atoms with E-state index in [0.29, 0.717) is 23.5 Å². The van der Waals surface area contributed by atoms with Gasteiger partial charge in [0.25, 0.3) is 17.4 Å². The molecule has 0 saturated heterocycles. The summed E-state index contributed by atoms with van der Waals surface area (Å²) < 4.78 is 5.56. The molecule has 8 heteroatoms. The number of hydrogen-bond acceptors (Lipinski definition) is 5. The van der Waals surface area contributed by atoms with Crippen LogP contribution < -0.4 is 21.0 Å².